The van der Waals surface area contributed by atoms with Gasteiger partial charge in [0.2, 0.25) is 0 Å². The number of thiophene rings is 1. The molecule has 0 radical (unpaired) electrons. The fourth-order valence-corrected chi connectivity index (χ4v) is 9.29. The van der Waals surface area contributed by atoms with Gasteiger partial charge in [0.25, 0.3) is 0 Å². The molecule has 4 nitrogen and oxygen atoms in total. The molecule has 0 spiro atoms. The van der Waals surface area contributed by atoms with Gasteiger partial charge in [0.05, 0.1) is 22.8 Å². The van der Waals surface area contributed by atoms with Gasteiger partial charge in [-0.25, -0.2) is 19.9 Å². The Kier molecular flexibility index (Phi) is 9.34. The van der Waals surface area contributed by atoms with Gasteiger partial charge in [-0.3, -0.25) is 0 Å². The number of rotatable bonds is 8. The summed E-state index contributed by atoms with van der Waals surface area (Å²) in [6.07, 6.45) is 0. The lowest BCUT2D eigenvalue weighted by molar-refractivity contribution is 1.18. The third kappa shape index (κ3) is 7.07. The SMILES string of the molecule is c1ccc(-c2cc(-c3cccc(-c4ccc5sc6ccccc6c5c4-c4cccc(-c5cc(-c6ccccc6)nc(-c6ccccc6)n5)c4)c3)nc(-c3ccccc3)n2)cc1. The van der Waals surface area contributed by atoms with Crippen LogP contribution >= 0.6 is 11.3 Å². The number of fused-ring (bicyclic) bond motifs is 3. The van der Waals surface area contributed by atoms with Crippen LogP contribution in [0.4, 0.5) is 0 Å². The van der Waals surface area contributed by atoms with E-state index >= 15 is 0 Å². The predicted molar refractivity (Wildman–Crippen MR) is 254 cm³/mol. The third-order valence-corrected chi connectivity index (χ3v) is 12.3. The quantitative estimate of drug-likeness (QED) is 0.154. The number of hydrogen-bond acceptors (Lipinski definition) is 5. The fourth-order valence-electron chi connectivity index (χ4n) is 8.17. The van der Waals surface area contributed by atoms with Crippen molar-refractivity contribution in [1.82, 2.24) is 19.9 Å². The Morgan fingerprint density at radius 3 is 1.23 bits per heavy atom. The molecule has 286 valence electrons. The zero-order chi connectivity index (χ0) is 40.5. The molecule has 11 aromatic rings. The van der Waals surface area contributed by atoms with Crippen LogP contribution in [-0.4, -0.2) is 19.9 Å². The Hall–Kier alpha value is -7.86. The van der Waals surface area contributed by atoms with Crippen molar-refractivity contribution in [2.24, 2.45) is 0 Å². The van der Waals surface area contributed by atoms with Crippen molar-refractivity contribution in [1.29, 1.82) is 0 Å². The Morgan fingerprint density at radius 2 is 0.689 bits per heavy atom. The minimum absolute atomic E-state index is 0.696. The molecule has 0 bridgehead atoms. The molecule has 0 unspecified atom stereocenters. The molecule has 0 N–H and O–H groups in total. The van der Waals surface area contributed by atoms with Crippen LogP contribution in [0.25, 0.3) is 110 Å². The van der Waals surface area contributed by atoms with Crippen LogP contribution in [0, 0.1) is 0 Å². The van der Waals surface area contributed by atoms with E-state index in [1.54, 1.807) is 0 Å². The Labute approximate surface area is 358 Å². The van der Waals surface area contributed by atoms with E-state index in [1.165, 1.54) is 25.7 Å². The van der Waals surface area contributed by atoms with Gasteiger partial charge in [0.1, 0.15) is 0 Å². The van der Waals surface area contributed by atoms with Crippen molar-refractivity contribution >= 4 is 31.5 Å². The summed E-state index contributed by atoms with van der Waals surface area (Å²) in [5.41, 5.74) is 14.2. The molecule has 0 saturated carbocycles. The summed E-state index contributed by atoms with van der Waals surface area (Å²) in [4.78, 5) is 20.5. The molecule has 0 aliphatic heterocycles. The van der Waals surface area contributed by atoms with Crippen LogP contribution in [0.2, 0.25) is 0 Å². The van der Waals surface area contributed by atoms with E-state index < -0.39 is 0 Å². The maximum absolute atomic E-state index is 5.20. The van der Waals surface area contributed by atoms with Crippen molar-refractivity contribution in [3.63, 3.8) is 0 Å². The number of nitrogens with zero attached hydrogens (tertiary/aromatic N) is 4. The number of benzene rings is 8. The summed E-state index contributed by atoms with van der Waals surface area (Å²) in [5.74, 6) is 1.39. The molecule has 0 saturated heterocycles. The van der Waals surface area contributed by atoms with E-state index in [-0.39, 0.29) is 0 Å². The lowest BCUT2D eigenvalue weighted by Crippen LogP contribution is -1.96. The van der Waals surface area contributed by atoms with Crippen molar-refractivity contribution in [3.8, 4) is 90.1 Å². The normalized spacial score (nSPS) is 11.3. The van der Waals surface area contributed by atoms with Crippen LogP contribution in [0.3, 0.4) is 0 Å². The molecule has 3 heterocycles. The average molecular weight is 797 g/mol. The zero-order valence-electron chi connectivity index (χ0n) is 33.0. The van der Waals surface area contributed by atoms with E-state index in [0.29, 0.717) is 11.6 Å². The van der Waals surface area contributed by atoms with E-state index in [0.717, 1.165) is 72.8 Å². The van der Waals surface area contributed by atoms with E-state index in [1.807, 2.05) is 59.9 Å². The monoisotopic (exact) mass is 796 g/mol. The first kappa shape index (κ1) is 36.2. The van der Waals surface area contributed by atoms with Crippen LogP contribution in [0.1, 0.15) is 0 Å². The van der Waals surface area contributed by atoms with Crippen LogP contribution < -0.4 is 0 Å². The second-order valence-corrected chi connectivity index (χ2v) is 16.1. The molecule has 0 amide bonds. The van der Waals surface area contributed by atoms with Crippen LogP contribution in [0.5, 0.6) is 0 Å². The summed E-state index contributed by atoms with van der Waals surface area (Å²) < 4.78 is 2.51. The maximum atomic E-state index is 5.20. The third-order valence-electron chi connectivity index (χ3n) is 11.1. The Morgan fingerprint density at radius 1 is 0.279 bits per heavy atom. The molecule has 11 rings (SSSR count). The van der Waals surface area contributed by atoms with Gasteiger partial charge in [-0.15, -0.1) is 11.3 Å². The molecule has 0 aliphatic carbocycles. The Bertz CT molecular complexity index is 3230. The lowest BCUT2D eigenvalue weighted by Gasteiger charge is -2.16. The number of aromatic nitrogens is 4. The van der Waals surface area contributed by atoms with E-state index in [9.17, 15) is 0 Å². The highest BCUT2D eigenvalue weighted by molar-refractivity contribution is 7.26. The van der Waals surface area contributed by atoms with E-state index in [2.05, 4.69) is 170 Å². The van der Waals surface area contributed by atoms with Gasteiger partial charge in [-0.2, -0.15) is 0 Å². The smallest absolute Gasteiger partial charge is 0.160 e. The summed E-state index contributed by atoms with van der Waals surface area (Å²) in [5, 5.41) is 2.49. The zero-order valence-corrected chi connectivity index (χ0v) is 33.8. The first-order chi connectivity index (χ1) is 30.2. The van der Waals surface area contributed by atoms with Crippen molar-refractivity contribution in [2.45, 2.75) is 0 Å². The molecular weight excluding hydrogens is 761 g/mol. The van der Waals surface area contributed by atoms with Gasteiger partial charge in [0.15, 0.2) is 11.6 Å². The highest BCUT2D eigenvalue weighted by Crippen LogP contribution is 2.46. The summed E-state index contributed by atoms with van der Waals surface area (Å²) in [7, 11) is 0. The maximum Gasteiger partial charge on any atom is 0.160 e. The minimum Gasteiger partial charge on any atom is -0.228 e. The van der Waals surface area contributed by atoms with Crippen molar-refractivity contribution < 1.29 is 0 Å². The molecule has 0 atom stereocenters. The Balaban J connectivity index is 1.10. The molecule has 5 heteroatoms. The molecule has 3 aromatic heterocycles. The lowest BCUT2D eigenvalue weighted by atomic mass is 9.89. The largest absolute Gasteiger partial charge is 0.228 e. The average Bonchev–Trinajstić information content (AvgIpc) is 3.73. The van der Waals surface area contributed by atoms with Gasteiger partial charge >= 0.3 is 0 Å². The summed E-state index contributed by atoms with van der Waals surface area (Å²) >= 11 is 1.84. The fraction of sp³-hybridized carbons (Fsp3) is 0. The second kappa shape index (κ2) is 15.7. The molecule has 0 fully saturated rings. The van der Waals surface area contributed by atoms with E-state index in [4.69, 9.17) is 19.9 Å². The van der Waals surface area contributed by atoms with Crippen molar-refractivity contribution in [2.75, 3.05) is 0 Å². The minimum atomic E-state index is 0.696. The topological polar surface area (TPSA) is 51.6 Å². The van der Waals surface area contributed by atoms with Gasteiger partial charge in [0, 0.05) is 53.6 Å². The van der Waals surface area contributed by atoms with Gasteiger partial charge in [-0.1, -0.05) is 182 Å². The van der Waals surface area contributed by atoms with Crippen LogP contribution in [-0.2, 0) is 0 Å². The second-order valence-electron chi connectivity index (χ2n) is 15.0. The molecular formula is C56H36N4S. The molecule has 61 heavy (non-hydrogen) atoms. The van der Waals surface area contributed by atoms with Crippen LogP contribution in [0.15, 0.2) is 218 Å². The highest BCUT2D eigenvalue weighted by Gasteiger charge is 2.19. The highest BCUT2D eigenvalue weighted by atomic mass is 32.1. The molecule has 8 aromatic carbocycles. The number of hydrogen-bond donors (Lipinski definition) is 0. The predicted octanol–water partition coefficient (Wildman–Crippen LogP) is 15.0. The first-order valence-corrected chi connectivity index (χ1v) is 21.2. The summed E-state index contributed by atoms with van der Waals surface area (Å²) in [6, 6.07) is 76.3. The standard InChI is InChI=1S/C56H36N4S/c1-5-17-37(18-6-1)47-35-49(59-55(57-47)39-21-9-3-10-22-39)42-26-15-25-41(33-42)45-31-32-52-54(46-29-13-14-30-51(46)61-52)53(45)44-28-16-27-43(34-44)50-36-48(38-19-7-2-8-20-38)58-56(60-50)40-23-11-4-12-24-40/h1-36H. The summed E-state index contributed by atoms with van der Waals surface area (Å²) in [6.45, 7) is 0. The van der Waals surface area contributed by atoms with Gasteiger partial charge in [-0.05, 0) is 58.7 Å². The molecule has 0 aliphatic rings. The van der Waals surface area contributed by atoms with Crippen molar-refractivity contribution in [3.05, 3.63) is 218 Å². The van der Waals surface area contributed by atoms with Gasteiger partial charge < -0.3 is 0 Å². The first-order valence-electron chi connectivity index (χ1n) is 20.4.